The van der Waals surface area contributed by atoms with E-state index in [4.69, 9.17) is 4.74 Å². The first-order valence-corrected chi connectivity index (χ1v) is 7.00. The molecule has 0 saturated carbocycles. The SMILES string of the molecule is CC(C)NCCOc1ccc2cc(Br)ccc2c1. The predicted molar refractivity (Wildman–Crippen MR) is 80.3 cm³/mol. The van der Waals surface area contributed by atoms with Gasteiger partial charge in [0.25, 0.3) is 0 Å². The van der Waals surface area contributed by atoms with Crippen LogP contribution in [0.15, 0.2) is 40.9 Å². The van der Waals surface area contributed by atoms with Gasteiger partial charge in [-0.15, -0.1) is 0 Å². The Labute approximate surface area is 116 Å². The van der Waals surface area contributed by atoms with Crippen LogP contribution in [0.1, 0.15) is 13.8 Å². The van der Waals surface area contributed by atoms with E-state index in [0.717, 1.165) is 16.8 Å². The van der Waals surface area contributed by atoms with Crippen molar-refractivity contribution in [3.63, 3.8) is 0 Å². The summed E-state index contributed by atoms with van der Waals surface area (Å²) in [5.41, 5.74) is 0. The van der Waals surface area contributed by atoms with Gasteiger partial charge in [-0.05, 0) is 35.0 Å². The van der Waals surface area contributed by atoms with E-state index in [-0.39, 0.29) is 0 Å². The van der Waals surface area contributed by atoms with Gasteiger partial charge in [-0.2, -0.15) is 0 Å². The van der Waals surface area contributed by atoms with Crippen LogP contribution >= 0.6 is 15.9 Å². The van der Waals surface area contributed by atoms with Crippen LogP contribution in [-0.4, -0.2) is 19.2 Å². The lowest BCUT2D eigenvalue weighted by molar-refractivity contribution is 0.309. The minimum absolute atomic E-state index is 0.502. The molecule has 0 atom stereocenters. The molecule has 0 heterocycles. The first-order valence-electron chi connectivity index (χ1n) is 6.20. The summed E-state index contributed by atoms with van der Waals surface area (Å²) in [6.45, 7) is 5.83. The average molecular weight is 308 g/mol. The molecule has 0 aromatic heterocycles. The van der Waals surface area contributed by atoms with Crippen molar-refractivity contribution < 1.29 is 4.74 Å². The number of ether oxygens (including phenoxy) is 1. The van der Waals surface area contributed by atoms with Crippen LogP contribution < -0.4 is 10.1 Å². The van der Waals surface area contributed by atoms with Crippen molar-refractivity contribution in [3.05, 3.63) is 40.9 Å². The molecule has 0 aliphatic rings. The van der Waals surface area contributed by atoms with E-state index in [0.29, 0.717) is 12.6 Å². The number of rotatable bonds is 5. The molecule has 0 radical (unpaired) electrons. The van der Waals surface area contributed by atoms with Crippen molar-refractivity contribution in [3.8, 4) is 5.75 Å². The number of nitrogens with one attached hydrogen (secondary N) is 1. The Hall–Kier alpha value is -1.06. The van der Waals surface area contributed by atoms with Crippen molar-refractivity contribution >= 4 is 26.7 Å². The first kappa shape index (κ1) is 13.4. The van der Waals surface area contributed by atoms with Gasteiger partial charge in [0.1, 0.15) is 12.4 Å². The Bertz CT molecular complexity index is 525. The molecule has 96 valence electrons. The summed E-state index contributed by atoms with van der Waals surface area (Å²) in [6, 6.07) is 12.9. The monoisotopic (exact) mass is 307 g/mol. The molecule has 0 amide bonds. The molecule has 0 fully saturated rings. The number of halogens is 1. The maximum absolute atomic E-state index is 5.72. The van der Waals surface area contributed by atoms with Gasteiger partial charge in [-0.3, -0.25) is 0 Å². The molecule has 18 heavy (non-hydrogen) atoms. The van der Waals surface area contributed by atoms with Crippen LogP contribution in [0.5, 0.6) is 5.75 Å². The summed E-state index contributed by atoms with van der Waals surface area (Å²) in [7, 11) is 0. The fourth-order valence-electron chi connectivity index (χ4n) is 1.80. The zero-order valence-corrected chi connectivity index (χ0v) is 12.3. The van der Waals surface area contributed by atoms with E-state index in [1.807, 2.05) is 12.1 Å². The predicted octanol–water partition coefficient (Wildman–Crippen LogP) is 3.98. The molecule has 0 saturated heterocycles. The maximum Gasteiger partial charge on any atom is 0.120 e. The zero-order valence-electron chi connectivity index (χ0n) is 10.7. The molecule has 0 aliphatic heterocycles. The third-order valence-electron chi connectivity index (χ3n) is 2.70. The second-order valence-corrected chi connectivity index (χ2v) is 5.53. The van der Waals surface area contributed by atoms with Crippen LogP contribution in [0.25, 0.3) is 10.8 Å². The smallest absolute Gasteiger partial charge is 0.120 e. The highest BCUT2D eigenvalue weighted by molar-refractivity contribution is 9.10. The summed E-state index contributed by atoms with van der Waals surface area (Å²) < 4.78 is 6.82. The maximum atomic E-state index is 5.72. The topological polar surface area (TPSA) is 21.3 Å². The second-order valence-electron chi connectivity index (χ2n) is 4.61. The van der Waals surface area contributed by atoms with Gasteiger partial charge >= 0.3 is 0 Å². The summed E-state index contributed by atoms with van der Waals surface area (Å²) in [4.78, 5) is 0. The van der Waals surface area contributed by atoms with Gasteiger partial charge in [0.15, 0.2) is 0 Å². The van der Waals surface area contributed by atoms with Crippen LogP contribution in [0, 0.1) is 0 Å². The van der Waals surface area contributed by atoms with Gasteiger partial charge < -0.3 is 10.1 Å². The third kappa shape index (κ3) is 3.72. The summed E-state index contributed by atoms with van der Waals surface area (Å²) >= 11 is 3.48. The van der Waals surface area contributed by atoms with Crippen molar-refractivity contribution in [2.45, 2.75) is 19.9 Å². The lowest BCUT2D eigenvalue weighted by Gasteiger charge is -2.10. The van der Waals surface area contributed by atoms with E-state index < -0.39 is 0 Å². The minimum Gasteiger partial charge on any atom is -0.492 e. The summed E-state index contributed by atoms with van der Waals surface area (Å²) in [5, 5.41) is 5.75. The Kier molecular flexibility index (Phi) is 4.61. The van der Waals surface area contributed by atoms with Crippen molar-refractivity contribution in [1.29, 1.82) is 0 Å². The molecule has 2 aromatic carbocycles. The average Bonchev–Trinajstić information content (AvgIpc) is 2.34. The Balaban J connectivity index is 1.99. The van der Waals surface area contributed by atoms with Gasteiger partial charge in [0.2, 0.25) is 0 Å². The van der Waals surface area contributed by atoms with E-state index in [2.05, 4.69) is 59.4 Å². The molecule has 2 nitrogen and oxygen atoms in total. The number of fused-ring (bicyclic) bond motifs is 1. The number of benzene rings is 2. The van der Waals surface area contributed by atoms with Gasteiger partial charge in [0, 0.05) is 17.1 Å². The molecular weight excluding hydrogens is 290 g/mol. The van der Waals surface area contributed by atoms with Crippen molar-refractivity contribution in [2.75, 3.05) is 13.2 Å². The first-order chi connectivity index (χ1) is 8.65. The lowest BCUT2D eigenvalue weighted by Crippen LogP contribution is -2.27. The van der Waals surface area contributed by atoms with E-state index in [9.17, 15) is 0 Å². The third-order valence-corrected chi connectivity index (χ3v) is 3.19. The molecular formula is C15H18BrNO. The molecule has 1 N–H and O–H groups in total. The van der Waals surface area contributed by atoms with E-state index >= 15 is 0 Å². The fourth-order valence-corrected chi connectivity index (χ4v) is 2.18. The lowest BCUT2D eigenvalue weighted by atomic mass is 10.1. The normalized spacial score (nSPS) is 11.1. The Morgan fingerprint density at radius 1 is 1.11 bits per heavy atom. The highest BCUT2D eigenvalue weighted by Crippen LogP contribution is 2.23. The molecule has 0 aliphatic carbocycles. The number of hydrogen-bond acceptors (Lipinski definition) is 2. The van der Waals surface area contributed by atoms with E-state index in [1.54, 1.807) is 0 Å². The van der Waals surface area contributed by atoms with Crippen LogP contribution in [0.4, 0.5) is 0 Å². The highest BCUT2D eigenvalue weighted by atomic mass is 79.9. The molecule has 0 unspecified atom stereocenters. The van der Waals surface area contributed by atoms with Crippen molar-refractivity contribution in [2.24, 2.45) is 0 Å². The minimum atomic E-state index is 0.502. The summed E-state index contributed by atoms with van der Waals surface area (Å²) in [6.07, 6.45) is 0. The largest absolute Gasteiger partial charge is 0.492 e. The van der Waals surface area contributed by atoms with Crippen LogP contribution in [0.3, 0.4) is 0 Å². The molecule has 2 rings (SSSR count). The van der Waals surface area contributed by atoms with Gasteiger partial charge in [-0.25, -0.2) is 0 Å². The quantitative estimate of drug-likeness (QED) is 0.844. The molecule has 2 aromatic rings. The number of hydrogen-bond donors (Lipinski definition) is 1. The Morgan fingerprint density at radius 3 is 2.61 bits per heavy atom. The van der Waals surface area contributed by atoms with Gasteiger partial charge in [0.05, 0.1) is 0 Å². The zero-order chi connectivity index (χ0) is 13.0. The van der Waals surface area contributed by atoms with E-state index in [1.165, 1.54) is 10.8 Å². The summed E-state index contributed by atoms with van der Waals surface area (Å²) in [5.74, 6) is 0.926. The van der Waals surface area contributed by atoms with Gasteiger partial charge in [-0.1, -0.05) is 41.9 Å². The molecule has 3 heteroatoms. The van der Waals surface area contributed by atoms with Crippen LogP contribution in [0.2, 0.25) is 0 Å². The highest BCUT2D eigenvalue weighted by Gasteiger charge is 1.99. The standard InChI is InChI=1S/C15H18BrNO/c1-11(2)17-7-8-18-15-6-4-12-9-14(16)5-3-13(12)10-15/h3-6,9-11,17H,7-8H2,1-2H3. The fraction of sp³-hybridized carbons (Fsp3) is 0.333. The van der Waals surface area contributed by atoms with Crippen molar-refractivity contribution in [1.82, 2.24) is 5.32 Å². The second kappa shape index (κ2) is 6.21. The van der Waals surface area contributed by atoms with Crippen LogP contribution in [-0.2, 0) is 0 Å². The Morgan fingerprint density at radius 2 is 1.83 bits per heavy atom. The molecule has 0 bridgehead atoms. The molecule has 0 spiro atoms.